The Morgan fingerprint density at radius 1 is 1.04 bits per heavy atom. The number of fused-ring (bicyclic) bond motifs is 1. The van der Waals surface area contributed by atoms with Crippen LogP contribution in [0.2, 0.25) is 0 Å². The van der Waals surface area contributed by atoms with Crippen LogP contribution in [0.15, 0.2) is 59.4 Å². The van der Waals surface area contributed by atoms with E-state index in [-0.39, 0.29) is 5.91 Å². The summed E-state index contributed by atoms with van der Waals surface area (Å²) < 4.78 is 0. The largest absolute Gasteiger partial charge is 0.319 e. The van der Waals surface area contributed by atoms with Crippen LogP contribution < -0.4 is 5.32 Å². The summed E-state index contributed by atoms with van der Waals surface area (Å²) in [6.45, 7) is 4.19. The van der Waals surface area contributed by atoms with E-state index in [1.165, 1.54) is 22.5 Å². The maximum absolute atomic E-state index is 12.4. The van der Waals surface area contributed by atoms with E-state index < -0.39 is 0 Å². The molecule has 0 bridgehead atoms. The van der Waals surface area contributed by atoms with Crippen molar-refractivity contribution in [3.8, 4) is 11.3 Å². The smallest absolute Gasteiger partial charge is 0.275 e. The van der Waals surface area contributed by atoms with Gasteiger partial charge in [0.05, 0.1) is 22.4 Å². The molecule has 0 radical (unpaired) electrons. The van der Waals surface area contributed by atoms with Gasteiger partial charge in [-0.3, -0.25) is 4.79 Å². The van der Waals surface area contributed by atoms with Gasteiger partial charge in [0.2, 0.25) is 0 Å². The highest BCUT2D eigenvalue weighted by Gasteiger charge is 2.12. The molecule has 0 atom stereocenters. The number of thiazole rings is 1. The van der Waals surface area contributed by atoms with Gasteiger partial charge >= 0.3 is 0 Å². The van der Waals surface area contributed by atoms with Crippen LogP contribution in [0, 0.1) is 13.8 Å². The van der Waals surface area contributed by atoms with E-state index in [4.69, 9.17) is 4.98 Å². The molecule has 2 heterocycles. The predicted octanol–water partition coefficient (Wildman–Crippen LogP) is 5.23. The van der Waals surface area contributed by atoms with E-state index in [9.17, 15) is 4.79 Å². The Labute approximate surface area is 155 Å². The zero-order valence-corrected chi connectivity index (χ0v) is 15.3. The summed E-state index contributed by atoms with van der Waals surface area (Å²) >= 11 is 1.40. The van der Waals surface area contributed by atoms with E-state index in [1.54, 1.807) is 10.9 Å². The van der Waals surface area contributed by atoms with Gasteiger partial charge in [0.15, 0.2) is 0 Å². The minimum atomic E-state index is -0.225. The molecule has 0 aliphatic carbocycles. The molecule has 0 unspecified atom stereocenters. The topological polar surface area (TPSA) is 54.9 Å². The van der Waals surface area contributed by atoms with Gasteiger partial charge in [-0.15, -0.1) is 11.3 Å². The lowest BCUT2D eigenvalue weighted by molar-refractivity contribution is 0.102. The number of aromatic nitrogens is 2. The van der Waals surface area contributed by atoms with Gasteiger partial charge in [-0.05, 0) is 43.2 Å². The van der Waals surface area contributed by atoms with Crippen molar-refractivity contribution < 1.29 is 4.79 Å². The van der Waals surface area contributed by atoms with Crippen molar-refractivity contribution in [3.63, 3.8) is 0 Å². The number of pyridine rings is 1. The third-order valence-corrected chi connectivity index (χ3v) is 5.02. The third kappa shape index (κ3) is 3.09. The zero-order valence-electron chi connectivity index (χ0n) is 14.5. The molecule has 128 valence electrons. The van der Waals surface area contributed by atoms with E-state index in [2.05, 4.69) is 42.3 Å². The van der Waals surface area contributed by atoms with E-state index in [0.717, 1.165) is 22.2 Å². The number of aryl methyl sites for hydroxylation is 2. The fraction of sp³-hybridized carbons (Fsp3) is 0.0952. The monoisotopic (exact) mass is 359 g/mol. The molecule has 0 fully saturated rings. The maximum Gasteiger partial charge on any atom is 0.275 e. The van der Waals surface area contributed by atoms with Gasteiger partial charge in [-0.1, -0.05) is 30.3 Å². The second-order valence-corrected chi connectivity index (χ2v) is 6.92. The standard InChI is InChI=1S/C21H17N3OS/c1-13-6-7-16(10-14(13)2)17-9-8-15-4-3-5-18(20(15)23-17)24-21(25)19-11-26-12-22-19/h3-12H,1-2H3,(H,24,25). The van der Waals surface area contributed by atoms with Crippen molar-refractivity contribution in [2.75, 3.05) is 5.32 Å². The van der Waals surface area contributed by atoms with Crippen LogP contribution in [0.4, 0.5) is 5.69 Å². The number of nitrogens with one attached hydrogen (secondary N) is 1. The first-order valence-corrected chi connectivity index (χ1v) is 9.23. The molecule has 4 aromatic rings. The summed E-state index contributed by atoms with van der Waals surface area (Å²) in [4.78, 5) is 21.2. The zero-order chi connectivity index (χ0) is 18.1. The summed E-state index contributed by atoms with van der Waals surface area (Å²) in [5, 5.41) is 5.64. The van der Waals surface area contributed by atoms with Crippen LogP contribution in [0.3, 0.4) is 0 Å². The van der Waals surface area contributed by atoms with Crippen molar-refractivity contribution in [3.05, 3.63) is 76.2 Å². The second-order valence-electron chi connectivity index (χ2n) is 6.20. The van der Waals surface area contributed by atoms with Gasteiger partial charge < -0.3 is 5.32 Å². The fourth-order valence-electron chi connectivity index (χ4n) is 2.82. The number of amides is 1. The Morgan fingerprint density at radius 2 is 1.92 bits per heavy atom. The van der Waals surface area contributed by atoms with E-state index in [1.807, 2.05) is 30.3 Å². The molecular weight excluding hydrogens is 342 g/mol. The highest BCUT2D eigenvalue weighted by atomic mass is 32.1. The number of hydrogen-bond acceptors (Lipinski definition) is 4. The van der Waals surface area contributed by atoms with Crippen molar-refractivity contribution in [1.82, 2.24) is 9.97 Å². The predicted molar refractivity (Wildman–Crippen MR) is 107 cm³/mol. The minimum absolute atomic E-state index is 0.225. The average Bonchev–Trinajstić information content (AvgIpc) is 3.19. The number of carbonyl (C=O) groups excluding carboxylic acids is 1. The first-order chi connectivity index (χ1) is 12.6. The Bertz CT molecular complexity index is 1100. The van der Waals surface area contributed by atoms with Gasteiger partial charge in [0.1, 0.15) is 5.69 Å². The van der Waals surface area contributed by atoms with Crippen molar-refractivity contribution in [2.45, 2.75) is 13.8 Å². The lowest BCUT2D eigenvalue weighted by atomic mass is 10.0. The van der Waals surface area contributed by atoms with Crippen LogP contribution in [-0.4, -0.2) is 15.9 Å². The van der Waals surface area contributed by atoms with Gasteiger partial charge in [0.25, 0.3) is 5.91 Å². The molecular formula is C21H17N3OS. The molecule has 0 aliphatic rings. The molecule has 4 rings (SSSR count). The Kier molecular flexibility index (Phi) is 4.22. The first-order valence-electron chi connectivity index (χ1n) is 8.29. The lowest BCUT2D eigenvalue weighted by Crippen LogP contribution is -2.12. The number of rotatable bonds is 3. The Morgan fingerprint density at radius 3 is 2.69 bits per heavy atom. The molecule has 5 heteroatoms. The van der Waals surface area contributed by atoms with Crippen LogP contribution in [0.25, 0.3) is 22.2 Å². The van der Waals surface area contributed by atoms with E-state index in [0.29, 0.717) is 11.4 Å². The highest BCUT2D eigenvalue weighted by Crippen LogP contribution is 2.27. The Hall–Kier alpha value is -3.05. The summed E-state index contributed by atoms with van der Waals surface area (Å²) in [6, 6.07) is 16.1. The second kappa shape index (κ2) is 6.69. The summed E-state index contributed by atoms with van der Waals surface area (Å²) in [6.07, 6.45) is 0. The highest BCUT2D eigenvalue weighted by molar-refractivity contribution is 7.07. The SMILES string of the molecule is Cc1ccc(-c2ccc3cccc(NC(=O)c4cscn4)c3n2)cc1C. The van der Waals surface area contributed by atoms with Gasteiger partial charge in [-0.25, -0.2) is 9.97 Å². The van der Waals surface area contributed by atoms with Crippen molar-refractivity contribution in [2.24, 2.45) is 0 Å². The van der Waals surface area contributed by atoms with Gasteiger partial charge in [-0.2, -0.15) is 0 Å². The molecule has 0 saturated carbocycles. The van der Waals surface area contributed by atoms with Crippen molar-refractivity contribution in [1.29, 1.82) is 0 Å². The number of benzene rings is 2. The van der Waals surface area contributed by atoms with Crippen LogP contribution in [0.5, 0.6) is 0 Å². The molecule has 26 heavy (non-hydrogen) atoms. The number of anilines is 1. The quantitative estimate of drug-likeness (QED) is 0.545. The molecule has 1 N–H and O–H groups in total. The number of para-hydroxylation sites is 1. The summed E-state index contributed by atoms with van der Waals surface area (Å²) in [5.74, 6) is -0.225. The first kappa shape index (κ1) is 16.4. The maximum atomic E-state index is 12.4. The summed E-state index contributed by atoms with van der Waals surface area (Å²) in [7, 11) is 0. The fourth-order valence-corrected chi connectivity index (χ4v) is 3.35. The third-order valence-electron chi connectivity index (χ3n) is 4.44. The molecule has 4 nitrogen and oxygen atoms in total. The summed E-state index contributed by atoms with van der Waals surface area (Å²) in [5.41, 5.74) is 7.95. The Balaban J connectivity index is 1.77. The van der Waals surface area contributed by atoms with Gasteiger partial charge in [0, 0.05) is 16.3 Å². The number of nitrogens with zero attached hydrogens (tertiary/aromatic N) is 2. The van der Waals surface area contributed by atoms with Crippen LogP contribution in [0.1, 0.15) is 21.6 Å². The molecule has 0 saturated heterocycles. The van der Waals surface area contributed by atoms with E-state index >= 15 is 0 Å². The van der Waals surface area contributed by atoms with Crippen molar-refractivity contribution >= 4 is 33.8 Å². The normalized spacial score (nSPS) is 10.8. The average molecular weight is 359 g/mol. The molecule has 2 aromatic heterocycles. The molecule has 2 aromatic carbocycles. The van der Waals surface area contributed by atoms with Crippen LogP contribution >= 0.6 is 11.3 Å². The number of hydrogen-bond donors (Lipinski definition) is 1. The molecule has 1 amide bonds. The molecule has 0 spiro atoms. The number of carbonyl (C=O) groups is 1. The lowest BCUT2D eigenvalue weighted by Gasteiger charge is -2.10. The molecule has 0 aliphatic heterocycles. The van der Waals surface area contributed by atoms with Crippen LogP contribution in [-0.2, 0) is 0 Å². The minimum Gasteiger partial charge on any atom is -0.319 e.